The SMILES string of the molecule is Cc1ccc(CN(CCN(C)C)c2cc([C@@H]3CCOC3)ncn2)cc1. The van der Waals surface area contributed by atoms with E-state index in [1.165, 1.54) is 11.1 Å². The van der Waals surface area contributed by atoms with E-state index in [4.69, 9.17) is 4.74 Å². The Hall–Kier alpha value is -1.98. The molecule has 134 valence electrons. The van der Waals surface area contributed by atoms with Gasteiger partial charge in [0.15, 0.2) is 0 Å². The Kier molecular flexibility index (Phi) is 6.00. The van der Waals surface area contributed by atoms with E-state index in [9.17, 15) is 0 Å². The van der Waals surface area contributed by atoms with Gasteiger partial charge < -0.3 is 14.5 Å². The number of ether oxygens (including phenoxy) is 1. The largest absolute Gasteiger partial charge is 0.381 e. The lowest BCUT2D eigenvalue weighted by atomic mass is 10.0. The highest BCUT2D eigenvalue weighted by molar-refractivity contribution is 5.41. The summed E-state index contributed by atoms with van der Waals surface area (Å²) in [4.78, 5) is 13.6. The highest BCUT2D eigenvalue weighted by Gasteiger charge is 2.20. The third-order valence-corrected chi connectivity index (χ3v) is 4.66. The topological polar surface area (TPSA) is 41.5 Å². The average Bonchev–Trinajstić information content (AvgIpc) is 3.15. The molecule has 0 aliphatic carbocycles. The zero-order valence-electron chi connectivity index (χ0n) is 15.5. The van der Waals surface area contributed by atoms with E-state index in [1.54, 1.807) is 6.33 Å². The van der Waals surface area contributed by atoms with Crippen LogP contribution in [0.5, 0.6) is 0 Å². The van der Waals surface area contributed by atoms with Gasteiger partial charge in [-0.2, -0.15) is 0 Å². The maximum atomic E-state index is 5.52. The Morgan fingerprint density at radius 2 is 1.92 bits per heavy atom. The molecule has 0 unspecified atom stereocenters. The van der Waals surface area contributed by atoms with Gasteiger partial charge in [0.25, 0.3) is 0 Å². The predicted molar refractivity (Wildman–Crippen MR) is 101 cm³/mol. The molecular formula is C20H28N4O. The summed E-state index contributed by atoms with van der Waals surface area (Å²) < 4.78 is 5.52. The number of likely N-dealkylation sites (N-methyl/N-ethyl adjacent to an activating group) is 1. The highest BCUT2D eigenvalue weighted by atomic mass is 16.5. The predicted octanol–water partition coefficient (Wildman–Crippen LogP) is 2.86. The fourth-order valence-corrected chi connectivity index (χ4v) is 3.03. The normalized spacial score (nSPS) is 17.2. The second kappa shape index (κ2) is 8.41. The van der Waals surface area contributed by atoms with E-state index in [0.717, 1.165) is 50.8 Å². The van der Waals surface area contributed by atoms with E-state index in [1.807, 2.05) is 0 Å². The second-order valence-corrected chi connectivity index (χ2v) is 7.07. The zero-order chi connectivity index (χ0) is 17.6. The molecule has 0 spiro atoms. The summed E-state index contributed by atoms with van der Waals surface area (Å²) in [7, 11) is 4.21. The van der Waals surface area contributed by atoms with Gasteiger partial charge >= 0.3 is 0 Å². The number of rotatable bonds is 7. The molecule has 2 aromatic rings. The summed E-state index contributed by atoms with van der Waals surface area (Å²) in [5.74, 6) is 1.40. The molecule has 0 saturated carbocycles. The summed E-state index contributed by atoms with van der Waals surface area (Å²) in [5.41, 5.74) is 3.68. The minimum Gasteiger partial charge on any atom is -0.381 e. The van der Waals surface area contributed by atoms with E-state index in [0.29, 0.717) is 5.92 Å². The summed E-state index contributed by atoms with van der Waals surface area (Å²) in [6, 6.07) is 10.9. The van der Waals surface area contributed by atoms with Gasteiger partial charge in [-0.25, -0.2) is 9.97 Å². The van der Waals surface area contributed by atoms with Crippen molar-refractivity contribution in [3.05, 3.63) is 53.5 Å². The first-order valence-corrected chi connectivity index (χ1v) is 8.97. The zero-order valence-corrected chi connectivity index (χ0v) is 15.5. The van der Waals surface area contributed by atoms with Crippen LogP contribution < -0.4 is 4.90 Å². The monoisotopic (exact) mass is 340 g/mol. The van der Waals surface area contributed by atoms with Crippen LogP contribution in [0.25, 0.3) is 0 Å². The second-order valence-electron chi connectivity index (χ2n) is 7.07. The molecule has 1 saturated heterocycles. The highest BCUT2D eigenvalue weighted by Crippen LogP contribution is 2.26. The minimum absolute atomic E-state index is 0.400. The first-order valence-electron chi connectivity index (χ1n) is 8.97. The molecule has 1 aliphatic rings. The van der Waals surface area contributed by atoms with Gasteiger partial charge in [0.2, 0.25) is 0 Å². The van der Waals surface area contributed by atoms with Crippen molar-refractivity contribution in [1.29, 1.82) is 0 Å². The lowest BCUT2D eigenvalue weighted by molar-refractivity contribution is 0.193. The number of nitrogens with zero attached hydrogens (tertiary/aromatic N) is 4. The molecule has 1 aliphatic heterocycles. The van der Waals surface area contributed by atoms with Gasteiger partial charge in [-0.05, 0) is 33.0 Å². The number of aromatic nitrogens is 2. The first-order chi connectivity index (χ1) is 12.1. The van der Waals surface area contributed by atoms with Crippen LogP contribution in [0.15, 0.2) is 36.7 Å². The number of hydrogen-bond acceptors (Lipinski definition) is 5. The van der Waals surface area contributed by atoms with Crippen molar-refractivity contribution in [1.82, 2.24) is 14.9 Å². The lowest BCUT2D eigenvalue weighted by Gasteiger charge is -2.26. The average molecular weight is 340 g/mol. The maximum Gasteiger partial charge on any atom is 0.132 e. The number of benzene rings is 1. The van der Waals surface area contributed by atoms with Gasteiger partial charge in [0, 0.05) is 38.2 Å². The molecule has 5 nitrogen and oxygen atoms in total. The van der Waals surface area contributed by atoms with Crippen molar-refractivity contribution in [3.8, 4) is 0 Å². The molecule has 0 bridgehead atoms. The Morgan fingerprint density at radius 3 is 2.60 bits per heavy atom. The summed E-state index contributed by atoms with van der Waals surface area (Å²) in [5, 5.41) is 0. The van der Waals surface area contributed by atoms with Gasteiger partial charge in [0.05, 0.1) is 12.3 Å². The van der Waals surface area contributed by atoms with Crippen LogP contribution in [0.2, 0.25) is 0 Å². The standard InChI is InChI=1S/C20H28N4O/c1-16-4-6-17(7-5-16)13-24(10-9-23(2)3)20-12-19(21-15-22-20)18-8-11-25-14-18/h4-7,12,15,18H,8-11,13-14H2,1-3H3/t18-/m1/s1. The van der Waals surface area contributed by atoms with Crippen LogP contribution >= 0.6 is 0 Å². The fraction of sp³-hybridized carbons (Fsp3) is 0.500. The van der Waals surface area contributed by atoms with Crippen molar-refractivity contribution in [2.24, 2.45) is 0 Å². The van der Waals surface area contributed by atoms with E-state index in [2.05, 4.69) is 71.1 Å². The van der Waals surface area contributed by atoms with Crippen LogP contribution in [-0.4, -0.2) is 55.3 Å². The van der Waals surface area contributed by atoms with Crippen molar-refractivity contribution >= 4 is 5.82 Å². The molecule has 0 amide bonds. The number of hydrogen-bond donors (Lipinski definition) is 0. The molecule has 3 rings (SSSR count). The Labute approximate surface area is 150 Å². The van der Waals surface area contributed by atoms with E-state index < -0.39 is 0 Å². The smallest absolute Gasteiger partial charge is 0.132 e. The first kappa shape index (κ1) is 17.8. The molecule has 1 atom stereocenters. The molecule has 2 heterocycles. The minimum atomic E-state index is 0.400. The van der Waals surface area contributed by atoms with E-state index in [-0.39, 0.29) is 0 Å². The van der Waals surface area contributed by atoms with Crippen LogP contribution in [-0.2, 0) is 11.3 Å². The number of aryl methyl sites for hydroxylation is 1. The van der Waals surface area contributed by atoms with E-state index >= 15 is 0 Å². The Bertz CT molecular complexity index is 666. The maximum absolute atomic E-state index is 5.52. The molecule has 0 N–H and O–H groups in total. The van der Waals surface area contributed by atoms with Crippen molar-refractivity contribution in [2.75, 3.05) is 45.3 Å². The molecule has 1 aromatic carbocycles. The van der Waals surface area contributed by atoms with Gasteiger partial charge in [0.1, 0.15) is 12.1 Å². The lowest BCUT2D eigenvalue weighted by Crippen LogP contribution is -2.32. The number of anilines is 1. The Morgan fingerprint density at radius 1 is 1.12 bits per heavy atom. The van der Waals surface area contributed by atoms with Gasteiger partial charge in [-0.3, -0.25) is 0 Å². The molecular weight excluding hydrogens is 312 g/mol. The van der Waals surface area contributed by atoms with Crippen LogP contribution in [0.4, 0.5) is 5.82 Å². The molecule has 25 heavy (non-hydrogen) atoms. The van der Waals surface area contributed by atoms with Crippen LogP contribution in [0.3, 0.4) is 0 Å². The molecule has 1 aromatic heterocycles. The van der Waals surface area contributed by atoms with Gasteiger partial charge in [-0.1, -0.05) is 29.8 Å². The van der Waals surface area contributed by atoms with Crippen molar-refractivity contribution in [2.45, 2.75) is 25.8 Å². The van der Waals surface area contributed by atoms with Crippen molar-refractivity contribution in [3.63, 3.8) is 0 Å². The summed E-state index contributed by atoms with van der Waals surface area (Å²) in [6.45, 7) is 6.49. The van der Waals surface area contributed by atoms with Crippen LogP contribution in [0, 0.1) is 6.92 Å². The van der Waals surface area contributed by atoms with Crippen molar-refractivity contribution < 1.29 is 4.74 Å². The van der Waals surface area contributed by atoms with Crippen LogP contribution in [0.1, 0.15) is 29.2 Å². The summed E-state index contributed by atoms with van der Waals surface area (Å²) >= 11 is 0. The molecule has 5 heteroatoms. The molecule has 0 radical (unpaired) electrons. The Balaban J connectivity index is 1.80. The third-order valence-electron chi connectivity index (χ3n) is 4.66. The third kappa shape index (κ3) is 5.00. The fourth-order valence-electron chi connectivity index (χ4n) is 3.03. The molecule has 1 fully saturated rings. The summed E-state index contributed by atoms with van der Waals surface area (Å²) in [6.07, 6.45) is 2.74. The van der Waals surface area contributed by atoms with Gasteiger partial charge in [-0.15, -0.1) is 0 Å². The quantitative estimate of drug-likeness (QED) is 0.775.